The minimum absolute atomic E-state index is 0.0317. The fourth-order valence-electron chi connectivity index (χ4n) is 3.56. The SMILES string of the molecule is COc1cc2c(cc1OC)C(=O)N(CCC(C)(N)CCc1cccn1C)C2. The van der Waals surface area contributed by atoms with Gasteiger partial charge in [-0.25, -0.2) is 0 Å². The van der Waals surface area contributed by atoms with Crippen LogP contribution in [0, 0.1) is 0 Å². The summed E-state index contributed by atoms with van der Waals surface area (Å²) in [4.78, 5) is 14.6. The average molecular weight is 371 g/mol. The molecule has 0 bridgehead atoms. The molecule has 0 saturated heterocycles. The average Bonchev–Trinajstić information content (AvgIpc) is 3.20. The van der Waals surface area contributed by atoms with Gasteiger partial charge in [-0.3, -0.25) is 4.79 Å². The molecule has 0 saturated carbocycles. The molecule has 1 atom stereocenters. The molecular formula is C21H29N3O3. The first-order valence-corrected chi connectivity index (χ1v) is 9.28. The van der Waals surface area contributed by atoms with Crippen molar-refractivity contribution >= 4 is 5.91 Å². The number of nitrogens with two attached hydrogens (primary N) is 1. The normalized spacial score (nSPS) is 15.6. The maximum Gasteiger partial charge on any atom is 0.254 e. The van der Waals surface area contributed by atoms with E-state index in [1.807, 2.05) is 30.3 Å². The molecule has 1 amide bonds. The van der Waals surface area contributed by atoms with Crippen molar-refractivity contribution in [3.8, 4) is 11.5 Å². The summed E-state index contributed by atoms with van der Waals surface area (Å²) in [7, 11) is 5.23. The largest absolute Gasteiger partial charge is 0.493 e. The van der Waals surface area contributed by atoms with Crippen LogP contribution in [0.1, 0.15) is 41.4 Å². The molecule has 146 valence electrons. The summed E-state index contributed by atoms with van der Waals surface area (Å²) in [5, 5.41) is 0. The molecule has 6 nitrogen and oxygen atoms in total. The van der Waals surface area contributed by atoms with Crippen molar-refractivity contribution in [1.29, 1.82) is 0 Å². The highest BCUT2D eigenvalue weighted by molar-refractivity contribution is 5.99. The molecule has 0 fully saturated rings. The zero-order chi connectivity index (χ0) is 19.6. The summed E-state index contributed by atoms with van der Waals surface area (Å²) in [5.74, 6) is 1.26. The quantitative estimate of drug-likeness (QED) is 0.775. The van der Waals surface area contributed by atoms with Crippen LogP contribution >= 0.6 is 0 Å². The number of carbonyl (C=O) groups is 1. The first kappa shape index (κ1) is 19.3. The highest BCUT2D eigenvalue weighted by Crippen LogP contribution is 2.35. The van der Waals surface area contributed by atoms with E-state index in [0.29, 0.717) is 30.2 Å². The van der Waals surface area contributed by atoms with Gasteiger partial charge in [-0.05, 0) is 56.0 Å². The molecule has 0 spiro atoms. The van der Waals surface area contributed by atoms with Crippen LogP contribution in [0.3, 0.4) is 0 Å². The fourth-order valence-corrected chi connectivity index (χ4v) is 3.56. The summed E-state index contributed by atoms with van der Waals surface area (Å²) in [6.45, 7) is 3.29. The summed E-state index contributed by atoms with van der Waals surface area (Å²) < 4.78 is 12.8. The summed E-state index contributed by atoms with van der Waals surface area (Å²) in [5.41, 5.74) is 9.13. The number of fused-ring (bicyclic) bond motifs is 1. The van der Waals surface area contributed by atoms with Gasteiger partial charge in [-0.15, -0.1) is 0 Å². The van der Waals surface area contributed by atoms with Crippen LogP contribution in [0.25, 0.3) is 0 Å². The number of nitrogens with zero attached hydrogens (tertiary/aromatic N) is 2. The van der Waals surface area contributed by atoms with Crippen LogP contribution in [0.4, 0.5) is 0 Å². The van der Waals surface area contributed by atoms with E-state index >= 15 is 0 Å². The van der Waals surface area contributed by atoms with Crippen molar-refractivity contribution in [1.82, 2.24) is 9.47 Å². The van der Waals surface area contributed by atoms with Gasteiger partial charge in [0.2, 0.25) is 0 Å². The van der Waals surface area contributed by atoms with Crippen LogP contribution in [0.15, 0.2) is 30.5 Å². The lowest BCUT2D eigenvalue weighted by Crippen LogP contribution is -2.41. The van der Waals surface area contributed by atoms with Crippen LogP contribution in [-0.2, 0) is 20.0 Å². The topological polar surface area (TPSA) is 69.7 Å². The number of methoxy groups -OCH3 is 2. The molecule has 1 aliphatic rings. The molecule has 3 rings (SSSR count). The molecule has 6 heteroatoms. The smallest absolute Gasteiger partial charge is 0.254 e. The van der Waals surface area contributed by atoms with Crippen LogP contribution in [0.5, 0.6) is 11.5 Å². The van der Waals surface area contributed by atoms with Crippen molar-refractivity contribution < 1.29 is 14.3 Å². The summed E-state index contributed by atoms with van der Waals surface area (Å²) in [6.07, 6.45) is 4.61. The second-order valence-corrected chi connectivity index (χ2v) is 7.61. The lowest BCUT2D eigenvalue weighted by molar-refractivity contribution is 0.0766. The molecular weight excluding hydrogens is 342 g/mol. The zero-order valence-corrected chi connectivity index (χ0v) is 16.6. The number of aromatic nitrogens is 1. The number of hydrogen-bond acceptors (Lipinski definition) is 4. The summed E-state index contributed by atoms with van der Waals surface area (Å²) in [6, 6.07) is 7.83. The molecule has 1 aliphatic heterocycles. The third-order valence-electron chi connectivity index (χ3n) is 5.44. The third kappa shape index (κ3) is 4.11. The van der Waals surface area contributed by atoms with E-state index in [0.717, 1.165) is 24.8 Å². The number of amides is 1. The monoisotopic (exact) mass is 371 g/mol. The van der Waals surface area contributed by atoms with Gasteiger partial charge in [0, 0.05) is 43.1 Å². The number of carbonyl (C=O) groups excluding carboxylic acids is 1. The first-order valence-electron chi connectivity index (χ1n) is 9.28. The Kier molecular flexibility index (Phi) is 5.46. The molecule has 2 aromatic rings. The maximum atomic E-state index is 12.8. The van der Waals surface area contributed by atoms with Gasteiger partial charge >= 0.3 is 0 Å². The van der Waals surface area contributed by atoms with Gasteiger partial charge in [-0.1, -0.05) is 0 Å². The van der Waals surface area contributed by atoms with Crippen molar-refractivity contribution in [3.63, 3.8) is 0 Å². The number of ether oxygens (including phenoxy) is 2. The Hall–Kier alpha value is -2.47. The van der Waals surface area contributed by atoms with E-state index in [4.69, 9.17) is 15.2 Å². The maximum absolute atomic E-state index is 12.8. The van der Waals surface area contributed by atoms with Gasteiger partial charge in [0.1, 0.15) is 0 Å². The lowest BCUT2D eigenvalue weighted by Gasteiger charge is -2.27. The van der Waals surface area contributed by atoms with Crippen LogP contribution in [-0.4, -0.2) is 41.7 Å². The lowest BCUT2D eigenvalue weighted by atomic mass is 9.92. The van der Waals surface area contributed by atoms with Crippen molar-refractivity contribution in [2.24, 2.45) is 12.8 Å². The molecule has 0 radical (unpaired) electrons. The minimum Gasteiger partial charge on any atom is -0.493 e. The number of hydrogen-bond donors (Lipinski definition) is 1. The predicted molar refractivity (Wildman–Crippen MR) is 105 cm³/mol. The standard InChI is InChI=1S/C21H29N3O3/c1-21(22,8-7-16-6-5-10-23(16)2)9-11-24-14-15-12-18(26-3)19(27-4)13-17(15)20(24)25/h5-6,10,12-13H,7-9,11,14,22H2,1-4H3. The van der Waals surface area contributed by atoms with Gasteiger partial charge in [0.15, 0.2) is 11.5 Å². The molecule has 2 heterocycles. The van der Waals surface area contributed by atoms with Gasteiger partial charge in [0.25, 0.3) is 5.91 Å². The molecule has 0 aliphatic carbocycles. The van der Waals surface area contributed by atoms with E-state index in [9.17, 15) is 4.79 Å². The van der Waals surface area contributed by atoms with Crippen LogP contribution < -0.4 is 15.2 Å². The third-order valence-corrected chi connectivity index (χ3v) is 5.44. The van der Waals surface area contributed by atoms with Crippen molar-refractivity contribution in [3.05, 3.63) is 47.3 Å². The Morgan fingerprint density at radius 3 is 2.52 bits per heavy atom. The van der Waals surface area contributed by atoms with E-state index in [-0.39, 0.29) is 11.4 Å². The van der Waals surface area contributed by atoms with E-state index in [1.165, 1.54) is 5.69 Å². The zero-order valence-electron chi connectivity index (χ0n) is 16.6. The Morgan fingerprint density at radius 1 is 1.19 bits per heavy atom. The Bertz CT molecular complexity index is 826. The Balaban J connectivity index is 1.61. The van der Waals surface area contributed by atoms with E-state index in [2.05, 4.69) is 17.6 Å². The predicted octanol–water partition coefficient (Wildman–Crippen LogP) is 2.74. The Labute approximate surface area is 160 Å². The number of benzene rings is 1. The molecule has 2 N–H and O–H groups in total. The van der Waals surface area contributed by atoms with Gasteiger partial charge in [0.05, 0.1) is 14.2 Å². The molecule has 1 unspecified atom stereocenters. The summed E-state index contributed by atoms with van der Waals surface area (Å²) >= 11 is 0. The first-order chi connectivity index (χ1) is 12.8. The number of rotatable bonds is 8. The molecule has 27 heavy (non-hydrogen) atoms. The molecule has 1 aromatic heterocycles. The highest BCUT2D eigenvalue weighted by Gasteiger charge is 2.31. The van der Waals surface area contributed by atoms with Crippen molar-refractivity contribution in [2.75, 3.05) is 20.8 Å². The van der Waals surface area contributed by atoms with Gasteiger partial charge in [-0.2, -0.15) is 0 Å². The fraction of sp³-hybridized carbons (Fsp3) is 0.476. The number of aryl methyl sites for hydroxylation is 2. The van der Waals surface area contributed by atoms with E-state index < -0.39 is 0 Å². The highest BCUT2D eigenvalue weighted by atomic mass is 16.5. The second kappa shape index (κ2) is 7.64. The van der Waals surface area contributed by atoms with E-state index in [1.54, 1.807) is 20.3 Å². The van der Waals surface area contributed by atoms with Crippen molar-refractivity contribution in [2.45, 2.75) is 38.3 Å². The minimum atomic E-state index is -0.325. The Morgan fingerprint density at radius 2 is 1.89 bits per heavy atom. The van der Waals surface area contributed by atoms with Crippen LogP contribution in [0.2, 0.25) is 0 Å². The van der Waals surface area contributed by atoms with Gasteiger partial charge < -0.3 is 24.7 Å². The second-order valence-electron chi connectivity index (χ2n) is 7.61. The molecule has 1 aromatic carbocycles.